The van der Waals surface area contributed by atoms with E-state index in [0.29, 0.717) is 18.7 Å². The molecule has 1 amide bonds. The summed E-state index contributed by atoms with van der Waals surface area (Å²) in [6, 6.07) is 5.29. The Bertz CT molecular complexity index is 537. The number of carboxylic acid groups (broad SMARTS) is 1. The van der Waals surface area contributed by atoms with E-state index in [-0.39, 0.29) is 23.6 Å². The molecule has 0 radical (unpaired) electrons. The highest BCUT2D eigenvalue weighted by molar-refractivity contribution is 7.99. The molecule has 120 valence electrons. The van der Waals surface area contributed by atoms with Gasteiger partial charge in [0.1, 0.15) is 18.5 Å². The fourth-order valence-corrected chi connectivity index (χ4v) is 3.82. The Kier molecular flexibility index (Phi) is 5.79. The number of thioether (sulfide) groups is 1. The summed E-state index contributed by atoms with van der Waals surface area (Å²) >= 11 is 1.48. The van der Waals surface area contributed by atoms with Crippen molar-refractivity contribution in [3.8, 4) is 0 Å². The average Bonchev–Trinajstić information content (AvgIpc) is 2.91. The summed E-state index contributed by atoms with van der Waals surface area (Å²) < 4.78 is 17.7. The van der Waals surface area contributed by atoms with Crippen LogP contribution in [0.3, 0.4) is 0 Å². The Morgan fingerprint density at radius 1 is 1.41 bits per heavy atom. The van der Waals surface area contributed by atoms with Crippen molar-refractivity contribution in [2.24, 2.45) is 0 Å². The molecule has 2 rings (SSSR count). The SMILES string of the molecule is COCC(=O)N1CCC(SCc2ccc(F)cc2)C1C(=O)O. The van der Waals surface area contributed by atoms with Gasteiger partial charge in [-0.05, 0) is 24.1 Å². The Labute approximate surface area is 132 Å². The van der Waals surface area contributed by atoms with Crippen molar-refractivity contribution >= 4 is 23.6 Å². The van der Waals surface area contributed by atoms with Crippen molar-refractivity contribution in [2.45, 2.75) is 23.5 Å². The number of ether oxygens (including phenoxy) is 1. The van der Waals surface area contributed by atoms with Crippen molar-refractivity contribution in [1.29, 1.82) is 0 Å². The summed E-state index contributed by atoms with van der Waals surface area (Å²) in [6.45, 7) is 0.305. The largest absolute Gasteiger partial charge is 0.480 e. The van der Waals surface area contributed by atoms with Crippen LogP contribution >= 0.6 is 11.8 Å². The van der Waals surface area contributed by atoms with E-state index in [1.165, 1.54) is 35.9 Å². The van der Waals surface area contributed by atoms with Gasteiger partial charge in [0.15, 0.2) is 0 Å². The van der Waals surface area contributed by atoms with Crippen molar-refractivity contribution in [3.63, 3.8) is 0 Å². The van der Waals surface area contributed by atoms with E-state index < -0.39 is 12.0 Å². The minimum atomic E-state index is -1.00. The van der Waals surface area contributed by atoms with E-state index in [1.807, 2.05) is 0 Å². The smallest absolute Gasteiger partial charge is 0.327 e. The standard InChI is InChI=1S/C15H18FNO4S/c1-21-8-13(18)17-7-6-12(14(17)15(19)20)22-9-10-2-4-11(16)5-3-10/h2-5,12,14H,6-9H2,1H3,(H,19,20). The zero-order valence-corrected chi connectivity index (χ0v) is 13.0. The topological polar surface area (TPSA) is 66.8 Å². The molecule has 22 heavy (non-hydrogen) atoms. The molecular formula is C15H18FNO4S. The van der Waals surface area contributed by atoms with Crippen LogP contribution in [0.1, 0.15) is 12.0 Å². The first kappa shape index (κ1) is 16.8. The number of benzene rings is 1. The third-order valence-electron chi connectivity index (χ3n) is 3.56. The maximum absolute atomic E-state index is 12.9. The molecule has 1 aromatic rings. The number of amides is 1. The second-order valence-corrected chi connectivity index (χ2v) is 6.30. The number of likely N-dealkylation sites (tertiary alicyclic amines) is 1. The monoisotopic (exact) mass is 327 g/mol. The zero-order valence-electron chi connectivity index (χ0n) is 12.2. The molecule has 0 aliphatic carbocycles. The number of carbonyl (C=O) groups excluding carboxylic acids is 1. The van der Waals surface area contributed by atoms with Gasteiger partial charge in [-0.2, -0.15) is 11.8 Å². The first-order valence-electron chi connectivity index (χ1n) is 6.90. The van der Waals surface area contributed by atoms with Crippen LogP contribution in [0.15, 0.2) is 24.3 Å². The predicted octanol–water partition coefficient (Wildman–Crippen LogP) is 1.76. The predicted molar refractivity (Wildman–Crippen MR) is 81.1 cm³/mol. The normalized spacial score (nSPS) is 21.1. The first-order chi connectivity index (χ1) is 10.5. The molecule has 0 saturated carbocycles. The lowest BCUT2D eigenvalue weighted by molar-refractivity contribution is -0.149. The van der Waals surface area contributed by atoms with Crippen LogP contribution in [0.2, 0.25) is 0 Å². The van der Waals surface area contributed by atoms with Crippen LogP contribution in [0.4, 0.5) is 4.39 Å². The van der Waals surface area contributed by atoms with E-state index in [1.54, 1.807) is 12.1 Å². The summed E-state index contributed by atoms with van der Waals surface area (Å²) in [5.41, 5.74) is 0.928. The molecule has 2 unspecified atom stereocenters. The quantitative estimate of drug-likeness (QED) is 0.862. The van der Waals surface area contributed by atoms with Crippen molar-refractivity contribution < 1.29 is 23.8 Å². The fraction of sp³-hybridized carbons (Fsp3) is 0.467. The lowest BCUT2D eigenvalue weighted by Gasteiger charge is -2.24. The maximum atomic E-state index is 12.9. The molecule has 1 aliphatic rings. The summed E-state index contributed by atoms with van der Waals surface area (Å²) in [5.74, 6) is -1.02. The highest BCUT2D eigenvalue weighted by atomic mass is 32.2. The number of aliphatic carboxylic acids is 1. The number of rotatable bonds is 6. The number of hydrogen-bond acceptors (Lipinski definition) is 4. The van der Waals surface area contributed by atoms with Crippen molar-refractivity contribution in [1.82, 2.24) is 4.90 Å². The number of carboxylic acids is 1. The molecule has 1 fully saturated rings. The number of hydrogen-bond donors (Lipinski definition) is 1. The molecule has 1 N–H and O–H groups in total. The molecule has 1 saturated heterocycles. The number of nitrogens with zero attached hydrogens (tertiary/aromatic N) is 1. The third-order valence-corrected chi connectivity index (χ3v) is 4.98. The minimum absolute atomic E-state index is 0.112. The molecular weight excluding hydrogens is 309 g/mol. The highest BCUT2D eigenvalue weighted by Gasteiger charge is 2.41. The second kappa shape index (κ2) is 7.60. The first-order valence-corrected chi connectivity index (χ1v) is 7.95. The average molecular weight is 327 g/mol. The Hall–Kier alpha value is -1.60. The van der Waals surface area contributed by atoms with Crippen LogP contribution < -0.4 is 0 Å². The van der Waals surface area contributed by atoms with Gasteiger partial charge in [-0.15, -0.1) is 0 Å². The number of carbonyl (C=O) groups is 2. The van der Waals surface area contributed by atoms with Crippen LogP contribution in [0, 0.1) is 5.82 Å². The van der Waals surface area contributed by atoms with Crippen LogP contribution in [0.25, 0.3) is 0 Å². The Balaban J connectivity index is 1.99. The lowest BCUT2D eigenvalue weighted by atomic mass is 10.2. The molecule has 1 aromatic carbocycles. The van der Waals surface area contributed by atoms with E-state index in [9.17, 15) is 19.1 Å². The molecule has 0 aromatic heterocycles. The van der Waals surface area contributed by atoms with Gasteiger partial charge in [-0.1, -0.05) is 12.1 Å². The van der Waals surface area contributed by atoms with Crippen molar-refractivity contribution in [2.75, 3.05) is 20.3 Å². The third kappa shape index (κ3) is 3.98. The van der Waals surface area contributed by atoms with E-state index in [2.05, 4.69) is 0 Å². The number of methoxy groups -OCH3 is 1. The molecule has 1 heterocycles. The summed E-state index contributed by atoms with van der Waals surface area (Å²) in [4.78, 5) is 24.8. The van der Waals surface area contributed by atoms with Crippen LogP contribution in [-0.4, -0.2) is 53.4 Å². The van der Waals surface area contributed by atoms with Gasteiger partial charge in [-0.25, -0.2) is 9.18 Å². The Morgan fingerprint density at radius 2 is 2.09 bits per heavy atom. The minimum Gasteiger partial charge on any atom is -0.480 e. The number of halogens is 1. The summed E-state index contributed by atoms with van der Waals surface area (Å²) in [5, 5.41) is 9.23. The van der Waals surface area contributed by atoms with Gasteiger partial charge in [0.25, 0.3) is 0 Å². The highest BCUT2D eigenvalue weighted by Crippen LogP contribution is 2.31. The lowest BCUT2D eigenvalue weighted by Crippen LogP contribution is -2.45. The van der Waals surface area contributed by atoms with Gasteiger partial charge < -0.3 is 14.7 Å². The van der Waals surface area contributed by atoms with Gasteiger partial charge in [0.2, 0.25) is 5.91 Å². The summed E-state index contributed by atoms with van der Waals surface area (Å²) in [6.07, 6.45) is 0.623. The molecule has 7 heteroatoms. The van der Waals surface area contributed by atoms with Crippen LogP contribution in [0.5, 0.6) is 0 Å². The van der Waals surface area contributed by atoms with Crippen molar-refractivity contribution in [3.05, 3.63) is 35.6 Å². The second-order valence-electron chi connectivity index (χ2n) is 5.07. The molecule has 0 spiro atoms. The van der Waals surface area contributed by atoms with E-state index in [0.717, 1.165) is 5.56 Å². The molecule has 5 nitrogen and oxygen atoms in total. The maximum Gasteiger partial charge on any atom is 0.327 e. The molecule has 0 bridgehead atoms. The van der Waals surface area contributed by atoms with E-state index in [4.69, 9.17) is 4.74 Å². The van der Waals surface area contributed by atoms with E-state index >= 15 is 0 Å². The van der Waals surface area contributed by atoms with Gasteiger partial charge in [0.05, 0.1) is 0 Å². The summed E-state index contributed by atoms with van der Waals surface area (Å²) in [7, 11) is 1.41. The Morgan fingerprint density at radius 3 is 2.68 bits per heavy atom. The van der Waals surface area contributed by atoms with Gasteiger partial charge in [-0.3, -0.25) is 4.79 Å². The fourth-order valence-electron chi connectivity index (χ4n) is 2.50. The molecule has 1 aliphatic heterocycles. The zero-order chi connectivity index (χ0) is 16.1. The van der Waals surface area contributed by atoms with Gasteiger partial charge in [0, 0.05) is 24.7 Å². The van der Waals surface area contributed by atoms with Crippen LogP contribution in [-0.2, 0) is 20.1 Å². The van der Waals surface area contributed by atoms with Gasteiger partial charge >= 0.3 is 5.97 Å². The molecule has 2 atom stereocenters.